The summed E-state index contributed by atoms with van der Waals surface area (Å²) in [5.74, 6) is -4.92. The van der Waals surface area contributed by atoms with E-state index in [-0.39, 0.29) is 6.61 Å². The lowest BCUT2D eigenvalue weighted by atomic mass is 9.68. The van der Waals surface area contributed by atoms with Gasteiger partial charge in [0.25, 0.3) is 0 Å². The van der Waals surface area contributed by atoms with E-state index in [2.05, 4.69) is 0 Å². The van der Waals surface area contributed by atoms with E-state index in [1.54, 1.807) is 0 Å². The summed E-state index contributed by atoms with van der Waals surface area (Å²) >= 11 is 0. The van der Waals surface area contributed by atoms with Crippen molar-refractivity contribution in [2.24, 2.45) is 11.3 Å². The summed E-state index contributed by atoms with van der Waals surface area (Å²) in [4.78, 5) is 44.2. The SMILES string of the molecule is CC(=O)OCC1OC(CC(=O)O)[C@](C)(CC(=O)O)C1CC(=O)O. The minimum atomic E-state index is -1.20. The van der Waals surface area contributed by atoms with E-state index in [1.165, 1.54) is 13.8 Å². The number of ether oxygens (including phenoxy) is 2. The maximum absolute atomic E-state index is 11.2. The van der Waals surface area contributed by atoms with Crippen molar-refractivity contribution >= 4 is 23.9 Å². The molecule has 1 saturated heterocycles. The largest absolute Gasteiger partial charge is 0.481 e. The first-order chi connectivity index (χ1) is 10.6. The molecular weight excluding hydrogens is 312 g/mol. The highest BCUT2D eigenvalue weighted by molar-refractivity contribution is 5.71. The summed E-state index contributed by atoms with van der Waals surface area (Å²) < 4.78 is 10.4. The number of hydrogen-bond donors (Lipinski definition) is 3. The van der Waals surface area contributed by atoms with Gasteiger partial charge < -0.3 is 24.8 Å². The van der Waals surface area contributed by atoms with Gasteiger partial charge in [0.2, 0.25) is 0 Å². The molecule has 0 saturated carbocycles. The number of rotatable bonds is 8. The molecule has 0 aromatic carbocycles. The average Bonchev–Trinajstić information content (AvgIpc) is 2.59. The van der Waals surface area contributed by atoms with Crippen LogP contribution in [-0.2, 0) is 28.7 Å². The Bertz CT molecular complexity index is 500. The molecule has 4 atom stereocenters. The van der Waals surface area contributed by atoms with E-state index in [0.29, 0.717) is 0 Å². The molecule has 3 N–H and O–H groups in total. The normalized spacial score (nSPS) is 29.9. The molecular formula is C14H20O9. The molecule has 0 aliphatic carbocycles. The number of carboxylic acids is 3. The van der Waals surface area contributed by atoms with E-state index in [9.17, 15) is 19.2 Å². The fourth-order valence-corrected chi connectivity index (χ4v) is 3.04. The third-order valence-electron chi connectivity index (χ3n) is 4.11. The highest BCUT2D eigenvalue weighted by Crippen LogP contribution is 2.49. The van der Waals surface area contributed by atoms with Gasteiger partial charge in [-0.1, -0.05) is 6.92 Å². The van der Waals surface area contributed by atoms with Crippen LogP contribution in [0.2, 0.25) is 0 Å². The van der Waals surface area contributed by atoms with Crippen molar-refractivity contribution in [2.45, 2.75) is 45.3 Å². The molecule has 0 bridgehead atoms. The first kappa shape index (κ1) is 18.9. The van der Waals surface area contributed by atoms with Crippen molar-refractivity contribution < 1.29 is 44.0 Å². The second-order valence-corrected chi connectivity index (χ2v) is 5.84. The van der Waals surface area contributed by atoms with Crippen molar-refractivity contribution in [3.8, 4) is 0 Å². The van der Waals surface area contributed by atoms with Gasteiger partial charge in [0.1, 0.15) is 6.61 Å². The Balaban J connectivity index is 3.11. The van der Waals surface area contributed by atoms with Crippen LogP contribution in [0, 0.1) is 11.3 Å². The van der Waals surface area contributed by atoms with Crippen LogP contribution in [0.1, 0.15) is 33.1 Å². The first-order valence-electron chi connectivity index (χ1n) is 7.00. The molecule has 0 aromatic heterocycles. The third kappa shape index (κ3) is 4.92. The zero-order valence-corrected chi connectivity index (χ0v) is 12.9. The molecule has 3 unspecified atom stereocenters. The van der Waals surface area contributed by atoms with Crippen LogP contribution in [-0.4, -0.2) is 58.0 Å². The number of aliphatic carboxylic acids is 3. The molecule has 1 aliphatic heterocycles. The Kier molecular flexibility index (Phi) is 6.08. The van der Waals surface area contributed by atoms with Gasteiger partial charge in [-0.25, -0.2) is 0 Å². The van der Waals surface area contributed by atoms with Crippen molar-refractivity contribution in [2.75, 3.05) is 6.61 Å². The molecule has 0 radical (unpaired) electrons. The standard InChI is InChI=1S/C14H20O9/c1-7(15)22-6-9-8(3-11(16)17)14(2,5-13(20)21)10(23-9)4-12(18)19/h8-10H,3-6H2,1-2H3,(H,16,17)(H,18,19)(H,20,21)/t8?,9?,10?,14-/m1/s1. The molecule has 1 fully saturated rings. The second-order valence-electron chi connectivity index (χ2n) is 5.84. The fourth-order valence-electron chi connectivity index (χ4n) is 3.04. The van der Waals surface area contributed by atoms with Crippen LogP contribution in [0.3, 0.4) is 0 Å². The topological polar surface area (TPSA) is 147 Å². The molecule has 0 amide bonds. The molecule has 9 nitrogen and oxygen atoms in total. The molecule has 9 heteroatoms. The van der Waals surface area contributed by atoms with Crippen LogP contribution in [0.5, 0.6) is 0 Å². The Morgan fingerprint density at radius 1 is 1.04 bits per heavy atom. The van der Waals surface area contributed by atoms with Crippen molar-refractivity contribution in [3.05, 3.63) is 0 Å². The summed E-state index contributed by atoms with van der Waals surface area (Å²) in [5, 5.41) is 27.2. The highest BCUT2D eigenvalue weighted by atomic mass is 16.6. The zero-order chi connectivity index (χ0) is 17.8. The molecule has 1 heterocycles. The van der Waals surface area contributed by atoms with Crippen molar-refractivity contribution in [3.63, 3.8) is 0 Å². The number of carbonyl (C=O) groups excluding carboxylic acids is 1. The molecule has 1 aliphatic rings. The summed E-state index contributed by atoms with van der Waals surface area (Å²) in [6.45, 7) is 2.42. The predicted molar refractivity (Wildman–Crippen MR) is 73.6 cm³/mol. The van der Waals surface area contributed by atoms with Crippen molar-refractivity contribution in [1.29, 1.82) is 0 Å². The lowest BCUT2D eigenvalue weighted by Gasteiger charge is -2.33. The maximum atomic E-state index is 11.2. The average molecular weight is 332 g/mol. The van der Waals surface area contributed by atoms with Crippen LogP contribution in [0.25, 0.3) is 0 Å². The summed E-state index contributed by atoms with van der Waals surface area (Å²) in [5.41, 5.74) is -1.20. The van der Waals surface area contributed by atoms with E-state index in [1.807, 2.05) is 0 Å². The summed E-state index contributed by atoms with van der Waals surface area (Å²) in [6.07, 6.45) is -3.17. The van der Waals surface area contributed by atoms with E-state index in [0.717, 1.165) is 0 Å². The van der Waals surface area contributed by atoms with Crippen LogP contribution < -0.4 is 0 Å². The molecule has 1 rings (SSSR count). The van der Waals surface area contributed by atoms with Crippen LogP contribution >= 0.6 is 0 Å². The Labute approximate surface area is 132 Å². The minimum absolute atomic E-state index is 0.251. The van der Waals surface area contributed by atoms with Gasteiger partial charge in [-0.2, -0.15) is 0 Å². The minimum Gasteiger partial charge on any atom is -0.481 e. The van der Waals surface area contributed by atoms with E-state index >= 15 is 0 Å². The predicted octanol–water partition coefficient (Wildman–Crippen LogP) is 0.364. The number of carboxylic acid groups (broad SMARTS) is 3. The molecule has 130 valence electrons. The molecule has 23 heavy (non-hydrogen) atoms. The van der Waals surface area contributed by atoms with Crippen LogP contribution in [0.15, 0.2) is 0 Å². The number of hydrogen-bond acceptors (Lipinski definition) is 6. The molecule has 0 aromatic rings. The quantitative estimate of drug-likeness (QED) is 0.536. The monoisotopic (exact) mass is 332 g/mol. The van der Waals surface area contributed by atoms with Gasteiger partial charge in [0.05, 0.1) is 31.5 Å². The lowest BCUT2D eigenvalue weighted by Crippen LogP contribution is -2.39. The first-order valence-corrected chi connectivity index (χ1v) is 7.00. The summed E-state index contributed by atoms with van der Waals surface area (Å²) in [7, 11) is 0. The van der Waals surface area contributed by atoms with Crippen molar-refractivity contribution in [1.82, 2.24) is 0 Å². The molecule has 0 spiro atoms. The van der Waals surface area contributed by atoms with Gasteiger partial charge >= 0.3 is 23.9 Å². The number of carbonyl (C=O) groups is 4. The van der Waals surface area contributed by atoms with Gasteiger partial charge in [0.15, 0.2) is 0 Å². The van der Waals surface area contributed by atoms with Gasteiger partial charge in [-0.15, -0.1) is 0 Å². The Hall–Kier alpha value is -2.16. The van der Waals surface area contributed by atoms with E-state index in [4.69, 9.17) is 24.8 Å². The van der Waals surface area contributed by atoms with Gasteiger partial charge in [0, 0.05) is 18.3 Å². The van der Waals surface area contributed by atoms with Crippen LogP contribution in [0.4, 0.5) is 0 Å². The lowest BCUT2D eigenvalue weighted by molar-refractivity contribution is -0.149. The zero-order valence-electron chi connectivity index (χ0n) is 12.9. The van der Waals surface area contributed by atoms with Gasteiger partial charge in [-0.05, 0) is 0 Å². The Morgan fingerprint density at radius 2 is 1.61 bits per heavy atom. The van der Waals surface area contributed by atoms with Gasteiger partial charge in [-0.3, -0.25) is 19.2 Å². The smallest absolute Gasteiger partial charge is 0.306 e. The number of esters is 1. The highest BCUT2D eigenvalue weighted by Gasteiger charge is 2.55. The third-order valence-corrected chi connectivity index (χ3v) is 4.11. The maximum Gasteiger partial charge on any atom is 0.306 e. The second kappa shape index (κ2) is 7.40. The summed E-state index contributed by atoms with van der Waals surface area (Å²) in [6, 6.07) is 0. The Morgan fingerprint density at radius 3 is 2.04 bits per heavy atom. The van der Waals surface area contributed by atoms with E-state index < -0.39 is 66.7 Å². The fraction of sp³-hybridized carbons (Fsp3) is 0.714.